The van der Waals surface area contributed by atoms with Crippen LogP contribution in [0.5, 0.6) is 0 Å². The van der Waals surface area contributed by atoms with Gasteiger partial charge in [-0.3, -0.25) is 0 Å². The Bertz CT molecular complexity index is 95.2. The molecule has 0 aliphatic heterocycles. The van der Waals surface area contributed by atoms with Crippen LogP contribution in [0.1, 0.15) is 6.92 Å². The fourth-order valence-corrected chi connectivity index (χ4v) is 0.460. The van der Waals surface area contributed by atoms with Crippen LogP contribution in [0.4, 0.5) is 0 Å². The predicted molar refractivity (Wildman–Crippen MR) is 34.1 cm³/mol. The van der Waals surface area contributed by atoms with Gasteiger partial charge in [0.25, 0.3) is 0 Å². The Balaban J connectivity index is 3.77. The van der Waals surface area contributed by atoms with Crippen molar-refractivity contribution < 1.29 is 9.59 Å². The van der Waals surface area contributed by atoms with Gasteiger partial charge >= 0.3 is 0 Å². The average Bonchev–Trinajstić information content (AvgIpc) is 1.90. The summed E-state index contributed by atoms with van der Waals surface area (Å²) in [5, 5.41) is 2.80. The number of nitrogens with one attached hydrogen (secondary N) is 1. The van der Waals surface area contributed by atoms with Crippen molar-refractivity contribution in [2.45, 2.75) is 13.0 Å². The van der Waals surface area contributed by atoms with E-state index in [4.69, 9.17) is 0 Å². The van der Waals surface area contributed by atoms with Crippen molar-refractivity contribution in [2.75, 3.05) is 7.05 Å². The molecular weight excluding hydrogens is 118 g/mol. The minimum absolute atomic E-state index is 0.0556. The molecule has 0 aromatic carbocycles. The second-order valence-corrected chi connectivity index (χ2v) is 1.93. The normalized spacial score (nSPS) is 13.2. The number of aldehydes is 2. The van der Waals surface area contributed by atoms with E-state index in [0.717, 1.165) is 0 Å². The molecule has 0 aromatic rings. The second kappa shape index (κ2) is 4.21. The highest BCUT2D eigenvalue weighted by Gasteiger charge is 2.11. The van der Waals surface area contributed by atoms with Gasteiger partial charge in [0, 0.05) is 6.04 Å². The van der Waals surface area contributed by atoms with Gasteiger partial charge in [0.1, 0.15) is 12.6 Å². The molecule has 0 saturated carbocycles. The molecule has 0 amide bonds. The molecule has 0 rings (SSSR count). The van der Waals surface area contributed by atoms with Crippen LogP contribution in [-0.2, 0) is 9.59 Å². The predicted octanol–water partition coefficient (Wildman–Crippen LogP) is -0.392. The molecular formula is C6H11NO2. The zero-order chi connectivity index (χ0) is 7.28. The molecule has 0 aliphatic carbocycles. The molecule has 1 unspecified atom stereocenters. The highest BCUT2D eigenvalue weighted by Crippen LogP contribution is 1.93. The van der Waals surface area contributed by atoms with Gasteiger partial charge in [-0.2, -0.15) is 0 Å². The van der Waals surface area contributed by atoms with Gasteiger partial charge in [-0.1, -0.05) is 0 Å². The van der Waals surface area contributed by atoms with Crippen molar-refractivity contribution in [1.29, 1.82) is 0 Å². The SMILES string of the molecule is CNC(C)C(C=O)C=O. The van der Waals surface area contributed by atoms with E-state index >= 15 is 0 Å². The molecule has 3 heteroatoms. The zero-order valence-corrected chi connectivity index (χ0v) is 5.63. The van der Waals surface area contributed by atoms with Gasteiger partial charge in [0.05, 0.1) is 5.92 Å². The Kier molecular flexibility index (Phi) is 3.88. The third-order valence-corrected chi connectivity index (χ3v) is 1.35. The van der Waals surface area contributed by atoms with E-state index in [2.05, 4.69) is 5.32 Å². The summed E-state index contributed by atoms with van der Waals surface area (Å²) in [6.07, 6.45) is 1.29. The van der Waals surface area contributed by atoms with Crippen LogP contribution in [0.15, 0.2) is 0 Å². The lowest BCUT2D eigenvalue weighted by Crippen LogP contribution is -2.32. The van der Waals surface area contributed by atoms with E-state index in [1.165, 1.54) is 0 Å². The molecule has 0 aliphatic rings. The minimum Gasteiger partial charge on any atom is -0.316 e. The molecule has 9 heavy (non-hydrogen) atoms. The first kappa shape index (κ1) is 8.30. The first-order valence-corrected chi connectivity index (χ1v) is 2.84. The number of hydrogen-bond acceptors (Lipinski definition) is 3. The molecule has 1 atom stereocenters. The Morgan fingerprint density at radius 2 is 1.78 bits per heavy atom. The molecule has 0 radical (unpaired) electrons. The van der Waals surface area contributed by atoms with E-state index in [9.17, 15) is 9.59 Å². The summed E-state index contributed by atoms with van der Waals surface area (Å²) in [4.78, 5) is 20.1. The van der Waals surface area contributed by atoms with Crippen LogP contribution in [0.3, 0.4) is 0 Å². The fourth-order valence-electron chi connectivity index (χ4n) is 0.460. The molecule has 1 N–H and O–H groups in total. The largest absolute Gasteiger partial charge is 0.316 e. The third kappa shape index (κ3) is 2.37. The molecule has 0 heterocycles. The highest BCUT2D eigenvalue weighted by atomic mass is 16.1. The maximum absolute atomic E-state index is 10.1. The Morgan fingerprint density at radius 3 is 1.89 bits per heavy atom. The van der Waals surface area contributed by atoms with E-state index in [1.54, 1.807) is 14.0 Å². The van der Waals surface area contributed by atoms with Crippen molar-refractivity contribution in [3.8, 4) is 0 Å². The quantitative estimate of drug-likeness (QED) is 0.415. The van der Waals surface area contributed by atoms with Gasteiger partial charge in [0.2, 0.25) is 0 Å². The number of carbonyl (C=O) groups excluding carboxylic acids is 2. The first-order chi connectivity index (χ1) is 4.26. The summed E-state index contributed by atoms with van der Waals surface area (Å²) < 4.78 is 0. The van der Waals surface area contributed by atoms with E-state index in [1.807, 2.05) is 0 Å². The van der Waals surface area contributed by atoms with E-state index < -0.39 is 5.92 Å². The standard InChI is InChI=1S/C6H11NO2/c1-5(7-2)6(3-8)4-9/h3-7H,1-2H3. The molecule has 0 spiro atoms. The summed E-state index contributed by atoms with van der Waals surface area (Å²) in [6.45, 7) is 1.79. The molecule has 0 aromatic heterocycles. The van der Waals surface area contributed by atoms with Crippen LogP contribution < -0.4 is 5.32 Å². The summed E-state index contributed by atoms with van der Waals surface area (Å²) in [5.74, 6) is -0.505. The molecule has 52 valence electrons. The van der Waals surface area contributed by atoms with Gasteiger partial charge < -0.3 is 14.9 Å². The van der Waals surface area contributed by atoms with Crippen molar-refractivity contribution >= 4 is 12.6 Å². The third-order valence-electron chi connectivity index (χ3n) is 1.35. The van der Waals surface area contributed by atoms with Gasteiger partial charge in [0.15, 0.2) is 0 Å². The average molecular weight is 129 g/mol. The lowest BCUT2D eigenvalue weighted by atomic mass is 10.1. The van der Waals surface area contributed by atoms with Crippen molar-refractivity contribution in [3.05, 3.63) is 0 Å². The van der Waals surface area contributed by atoms with E-state index in [-0.39, 0.29) is 6.04 Å². The van der Waals surface area contributed by atoms with Crippen LogP contribution in [0.2, 0.25) is 0 Å². The highest BCUT2D eigenvalue weighted by molar-refractivity contribution is 5.78. The van der Waals surface area contributed by atoms with Crippen LogP contribution in [-0.4, -0.2) is 25.7 Å². The lowest BCUT2D eigenvalue weighted by Gasteiger charge is -2.10. The molecule has 0 fully saturated rings. The van der Waals surface area contributed by atoms with Crippen LogP contribution in [0.25, 0.3) is 0 Å². The van der Waals surface area contributed by atoms with Gasteiger partial charge in [-0.25, -0.2) is 0 Å². The Labute approximate surface area is 54.4 Å². The second-order valence-electron chi connectivity index (χ2n) is 1.93. The smallest absolute Gasteiger partial charge is 0.131 e. The minimum atomic E-state index is -0.505. The molecule has 0 bridgehead atoms. The molecule has 0 saturated heterocycles. The Morgan fingerprint density at radius 1 is 1.33 bits per heavy atom. The van der Waals surface area contributed by atoms with Gasteiger partial charge in [-0.15, -0.1) is 0 Å². The summed E-state index contributed by atoms with van der Waals surface area (Å²) in [5.41, 5.74) is 0. The lowest BCUT2D eigenvalue weighted by molar-refractivity contribution is -0.120. The summed E-state index contributed by atoms with van der Waals surface area (Å²) in [6, 6.07) is -0.0556. The van der Waals surface area contributed by atoms with Crippen LogP contribution in [0, 0.1) is 5.92 Å². The topological polar surface area (TPSA) is 46.2 Å². The van der Waals surface area contributed by atoms with Crippen molar-refractivity contribution in [1.82, 2.24) is 5.32 Å². The number of rotatable bonds is 4. The van der Waals surface area contributed by atoms with E-state index in [0.29, 0.717) is 12.6 Å². The summed E-state index contributed by atoms with van der Waals surface area (Å²) in [7, 11) is 1.71. The Hall–Kier alpha value is -0.700. The number of carbonyl (C=O) groups is 2. The molecule has 3 nitrogen and oxygen atoms in total. The first-order valence-electron chi connectivity index (χ1n) is 2.84. The maximum Gasteiger partial charge on any atom is 0.131 e. The van der Waals surface area contributed by atoms with Crippen molar-refractivity contribution in [3.63, 3.8) is 0 Å². The van der Waals surface area contributed by atoms with Crippen LogP contribution >= 0.6 is 0 Å². The zero-order valence-electron chi connectivity index (χ0n) is 5.63. The monoisotopic (exact) mass is 129 g/mol. The number of hydrogen-bond donors (Lipinski definition) is 1. The summed E-state index contributed by atoms with van der Waals surface area (Å²) >= 11 is 0. The fraction of sp³-hybridized carbons (Fsp3) is 0.667. The van der Waals surface area contributed by atoms with Gasteiger partial charge in [-0.05, 0) is 14.0 Å². The maximum atomic E-state index is 10.1. The van der Waals surface area contributed by atoms with Crippen molar-refractivity contribution in [2.24, 2.45) is 5.92 Å².